The molecular formula is C12H11N3OS. The molecular weight excluding hydrogens is 234 g/mol. The molecule has 2 aromatic heterocycles. The standard InChI is InChI=1S/C12H11N3OS/c1-16-8-3-2-7-4-11(17-10(7)5-8)9-6-12(13)15-14-9/h2-6H,1H3,(H3,13,14,15). The highest BCUT2D eigenvalue weighted by Gasteiger charge is 2.07. The van der Waals surface area contributed by atoms with Gasteiger partial charge in [-0.2, -0.15) is 5.10 Å². The van der Waals surface area contributed by atoms with Gasteiger partial charge in [0.05, 0.1) is 17.7 Å². The van der Waals surface area contributed by atoms with E-state index in [1.807, 2.05) is 24.3 Å². The van der Waals surface area contributed by atoms with Gasteiger partial charge in [-0.25, -0.2) is 0 Å². The van der Waals surface area contributed by atoms with Gasteiger partial charge in [-0.3, -0.25) is 5.10 Å². The third-order valence-electron chi connectivity index (χ3n) is 2.59. The molecule has 0 spiro atoms. The van der Waals surface area contributed by atoms with Crippen LogP contribution in [0.3, 0.4) is 0 Å². The molecule has 3 rings (SSSR count). The predicted molar refractivity (Wildman–Crippen MR) is 70.4 cm³/mol. The molecule has 3 aromatic rings. The minimum Gasteiger partial charge on any atom is -0.497 e. The molecule has 0 aliphatic rings. The molecule has 0 atom stereocenters. The fraction of sp³-hybridized carbons (Fsp3) is 0.0833. The SMILES string of the molecule is COc1ccc2cc(-c3cc(N)n[nH]3)sc2c1. The summed E-state index contributed by atoms with van der Waals surface area (Å²) in [4.78, 5) is 1.12. The van der Waals surface area contributed by atoms with E-state index in [0.717, 1.165) is 16.3 Å². The lowest BCUT2D eigenvalue weighted by atomic mass is 10.2. The van der Waals surface area contributed by atoms with Crippen molar-refractivity contribution in [2.45, 2.75) is 0 Å². The highest BCUT2D eigenvalue weighted by Crippen LogP contribution is 2.34. The van der Waals surface area contributed by atoms with Gasteiger partial charge >= 0.3 is 0 Å². The molecule has 86 valence electrons. The fourth-order valence-electron chi connectivity index (χ4n) is 1.73. The number of thiophene rings is 1. The fourth-order valence-corrected chi connectivity index (χ4v) is 2.79. The lowest BCUT2D eigenvalue weighted by Crippen LogP contribution is -1.81. The maximum Gasteiger partial charge on any atom is 0.145 e. The summed E-state index contributed by atoms with van der Waals surface area (Å²) < 4.78 is 6.40. The molecule has 0 fully saturated rings. The predicted octanol–water partition coefficient (Wildman–Crippen LogP) is 2.88. The third kappa shape index (κ3) is 1.74. The molecule has 0 aliphatic carbocycles. The number of rotatable bonds is 2. The van der Waals surface area contributed by atoms with Crippen molar-refractivity contribution in [1.29, 1.82) is 0 Å². The van der Waals surface area contributed by atoms with Crippen molar-refractivity contribution >= 4 is 27.2 Å². The highest BCUT2D eigenvalue weighted by molar-refractivity contribution is 7.22. The average molecular weight is 245 g/mol. The number of H-pyrrole nitrogens is 1. The third-order valence-corrected chi connectivity index (χ3v) is 3.72. The number of methoxy groups -OCH3 is 1. The summed E-state index contributed by atoms with van der Waals surface area (Å²) in [6, 6.07) is 9.99. The minimum atomic E-state index is 0.509. The van der Waals surface area contributed by atoms with E-state index in [0.29, 0.717) is 5.82 Å². The highest BCUT2D eigenvalue weighted by atomic mass is 32.1. The van der Waals surface area contributed by atoms with Crippen LogP contribution in [-0.2, 0) is 0 Å². The van der Waals surface area contributed by atoms with E-state index in [1.165, 1.54) is 10.1 Å². The molecule has 0 saturated carbocycles. The van der Waals surface area contributed by atoms with Crippen LogP contribution in [0.2, 0.25) is 0 Å². The summed E-state index contributed by atoms with van der Waals surface area (Å²) in [5.74, 6) is 1.38. The minimum absolute atomic E-state index is 0.509. The van der Waals surface area contributed by atoms with Gasteiger partial charge in [-0.1, -0.05) is 0 Å². The van der Waals surface area contributed by atoms with Gasteiger partial charge in [0.15, 0.2) is 0 Å². The average Bonchev–Trinajstić information content (AvgIpc) is 2.93. The Morgan fingerprint density at radius 1 is 1.29 bits per heavy atom. The number of nitrogens with one attached hydrogen (secondary N) is 1. The molecule has 0 saturated heterocycles. The number of anilines is 1. The Balaban J connectivity index is 2.13. The summed E-state index contributed by atoms with van der Waals surface area (Å²) in [5.41, 5.74) is 6.55. The van der Waals surface area contributed by atoms with E-state index in [4.69, 9.17) is 10.5 Å². The molecule has 17 heavy (non-hydrogen) atoms. The topological polar surface area (TPSA) is 63.9 Å². The van der Waals surface area contributed by atoms with Gasteiger partial charge < -0.3 is 10.5 Å². The Hall–Kier alpha value is -2.01. The second-order valence-electron chi connectivity index (χ2n) is 3.72. The number of benzene rings is 1. The summed E-state index contributed by atoms with van der Waals surface area (Å²) in [6.07, 6.45) is 0. The van der Waals surface area contributed by atoms with Gasteiger partial charge in [-0.05, 0) is 29.7 Å². The monoisotopic (exact) mass is 245 g/mol. The van der Waals surface area contributed by atoms with Crippen LogP contribution < -0.4 is 10.5 Å². The van der Waals surface area contributed by atoms with Gasteiger partial charge in [0.1, 0.15) is 11.6 Å². The number of fused-ring (bicyclic) bond motifs is 1. The van der Waals surface area contributed by atoms with Crippen LogP contribution in [0.15, 0.2) is 30.3 Å². The molecule has 3 N–H and O–H groups in total. The van der Waals surface area contributed by atoms with E-state index < -0.39 is 0 Å². The molecule has 4 nitrogen and oxygen atoms in total. The summed E-state index contributed by atoms with van der Waals surface area (Å²) >= 11 is 1.69. The van der Waals surface area contributed by atoms with Crippen LogP contribution >= 0.6 is 11.3 Å². The molecule has 0 radical (unpaired) electrons. The van der Waals surface area contributed by atoms with Crippen LogP contribution in [0.5, 0.6) is 5.75 Å². The van der Waals surface area contributed by atoms with Crippen LogP contribution in [0.1, 0.15) is 0 Å². The molecule has 0 bridgehead atoms. The van der Waals surface area contributed by atoms with Crippen molar-refractivity contribution in [2.24, 2.45) is 0 Å². The summed E-state index contributed by atoms with van der Waals surface area (Å²) in [5, 5.41) is 8.04. The summed E-state index contributed by atoms with van der Waals surface area (Å²) in [6.45, 7) is 0. The molecule has 0 aliphatic heterocycles. The second-order valence-corrected chi connectivity index (χ2v) is 4.80. The van der Waals surface area contributed by atoms with E-state index >= 15 is 0 Å². The van der Waals surface area contributed by atoms with Crippen molar-refractivity contribution in [3.05, 3.63) is 30.3 Å². The summed E-state index contributed by atoms with van der Waals surface area (Å²) in [7, 11) is 1.67. The Bertz CT molecular complexity index is 671. The second kappa shape index (κ2) is 3.78. The lowest BCUT2D eigenvalue weighted by molar-refractivity contribution is 0.415. The first-order valence-corrected chi connectivity index (χ1v) is 5.97. The first-order valence-electron chi connectivity index (χ1n) is 5.15. The van der Waals surface area contributed by atoms with Gasteiger partial charge in [0.2, 0.25) is 0 Å². The van der Waals surface area contributed by atoms with Crippen molar-refractivity contribution in [2.75, 3.05) is 12.8 Å². The van der Waals surface area contributed by atoms with Gasteiger partial charge in [0, 0.05) is 10.8 Å². The van der Waals surface area contributed by atoms with E-state index in [9.17, 15) is 0 Å². The largest absolute Gasteiger partial charge is 0.497 e. The zero-order valence-corrected chi connectivity index (χ0v) is 10.0. The van der Waals surface area contributed by atoms with Crippen molar-refractivity contribution < 1.29 is 4.74 Å². The first kappa shape index (κ1) is 10.2. The molecule has 0 unspecified atom stereocenters. The zero-order chi connectivity index (χ0) is 11.8. The van der Waals surface area contributed by atoms with Crippen LogP contribution in [0.25, 0.3) is 20.7 Å². The zero-order valence-electron chi connectivity index (χ0n) is 9.23. The van der Waals surface area contributed by atoms with Crippen LogP contribution in [0.4, 0.5) is 5.82 Å². The van der Waals surface area contributed by atoms with E-state index in [-0.39, 0.29) is 0 Å². The van der Waals surface area contributed by atoms with Crippen LogP contribution in [0, 0.1) is 0 Å². The molecule has 1 aromatic carbocycles. The number of nitrogens with zero attached hydrogens (tertiary/aromatic N) is 1. The lowest BCUT2D eigenvalue weighted by Gasteiger charge is -1.97. The van der Waals surface area contributed by atoms with E-state index in [2.05, 4.69) is 16.3 Å². The number of aromatic nitrogens is 2. The Kier molecular flexibility index (Phi) is 2.26. The quantitative estimate of drug-likeness (QED) is 0.729. The molecule has 0 amide bonds. The van der Waals surface area contributed by atoms with E-state index in [1.54, 1.807) is 18.4 Å². The maximum atomic E-state index is 5.60. The first-order chi connectivity index (χ1) is 8.26. The number of ether oxygens (including phenoxy) is 1. The molecule has 2 heterocycles. The maximum absolute atomic E-state index is 5.60. The Morgan fingerprint density at radius 3 is 2.88 bits per heavy atom. The normalized spacial score (nSPS) is 10.9. The number of hydrogen-bond donors (Lipinski definition) is 2. The number of nitrogen functional groups attached to an aromatic ring is 1. The Labute approximate surface area is 102 Å². The smallest absolute Gasteiger partial charge is 0.145 e. The number of aromatic amines is 1. The van der Waals surface area contributed by atoms with Gasteiger partial charge in [-0.15, -0.1) is 11.3 Å². The Morgan fingerprint density at radius 2 is 2.18 bits per heavy atom. The number of nitrogens with two attached hydrogens (primary N) is 1. The molecule has 5 heteroatoms. The van der Waals surface area contributed by atoms with Crippen LogP contribution in [-0.4, -0.2) is 17.3 Å². The van der Waals surface area contributed by atoms with Crippen molar-refractivity contribution in [1.82, 2.24) is 10.2 Å². The van der Waals surface area contributed by atoms with Gasteiger partial charge in [0.25, 0.3) is 0 Å². The number of hydrogen-bond acceptors (Lipinski definition) is 4. The van der Waals surface area contributed by atoms with Crippen molar-refractivity contribution in [3.63, 3.8) is 0 Å². The van der Waals surface area contributed by atoms with Crippen molar-refractivity contribution in [3.8, 4) is 16.3 Å².